The molecule has 1 aromatic heterocycles. The Morgan fingerprint density at radius 1 is 1.19 bits per heavy atom. The lowest BCUT2D eigenvalue weighted by Crippen LogP contribution is -2.29. The molecular weight excluding hydrogens is 418 g/mol. The molecule has 1 aliphatic heterocycles. The second-order valence-electron chi connectivity index (χ2n) is 7.33. The summed E-state index contributed by atoms with van der Waals surface area (Å²) >= 11 is 5.87. The summed E-state index contributed by atoms with van der Waals surface area (Å²) in [4.78, 5) is 21.4. The van der Waals surface area contributed by atoms with Crippen LogP contribution < -0.4 is 9.47 Å². The monoisotopic (exact) mass is 437 g/mol. The number of ether oxygens (including phenoxy) is 2. The Bertz CT molecular complexity index is 1140. The molecule has 0 unspecified atom stereocenters. The molecule has 0 saturated carbocycles. The quantitative estimate of drug-likeness (QED) is 0.242. The minimum Gasteiger partial charge on any atom is -0.449 e. The number of fused-ring (bicyclic) bond motifs is 1. The lowest BCUT2D eigenvalue weighted by Gasteiger charge is -2.16. The molecule has 3 aromatic rings. The number of carbonyl (C=O) groups is 1. The molecule has 0 spiro atoms. The highest BCUT2D eigenvalue weighted by molar-refractivity contribution is 6.30. The van der Waals surface area contributed by atoms with Crippen LogP contribution in [0.25, 0.3) is 6.08 Å². The van der Waals surface area contributed by atoms with Gasteiger partial charge in [-0.1, -0.05) is 28.9 Å². The predicted molar refractivity (Wildman–Crippen MR) is 117 cm³/mol. The molecule has 4 rings (SSSR count). The van der Waals surface area contributed by atoms with Crippen LogP contribution in [0.1, 0.15) is 25.0 Å². The first-order chi connectivity index (χ1) is 14.9. The van der Waals surface area contributed by atoms with Crippen molar-refractivity contribution in [1.82, 2.24) is 9.55 Å². The normalized spacial score (nSPS) is 14.7. The fraction of sp³-hybridized carbons (Fsp3) is 0.174. The van der Waals surface area contributed by atoms with Crippen molar-refractivity contribution < 1.29 is 19.1 Å². The molecule has 0 N–H and O–H groups in total. The van der Waals surface area contributed by atoms with Crippen LogP contribution in [0.15, 0.2) is 72.4 Å². The van der Waals surface area contributed by atoms with Crippen molar-refractivity contribution in [3.8, 4) is 11.5 Å². The highest BCUT2D eigenvalue weighted by atomic mass is 35.5. The van der Waals surface area contributed by atoms with E-state index in [1.54, 1.807) is 49.1 Å². The number of halogens is 1. The SMILES string of the molecule is CC1(C)Oc2ccc(/C(Cn3ccnc3)=N/OC(=O)/C=C/c3ccc(Cl)cc3)cc2O1. The molecule has 0 saturated heterocycles. The molecule has 0 atom stereocenters. The smallest absolute Gasteiger partial charge is 0.358 e. The van der Waals surface area contributed by atoms with Crippen molar-refractivity contribution in [2.24, 2.45) is 5.16 Å². The Balaban J connectivity index is 1.53. The van der Waals surface area contributed by atoms with E-state index in [2.05, 4.69) is 10.1 Å². The van der Waals surface area contributed by atoms with Gasteiger partial charge in [-0.15, -0.1) is 0 Å². The summed E-state index contributed by atoms with van der Waals surface area (Å²) < 4.78 is 13.4. The van der Waals surface area contributed by atoms with Gasteiger partial charge in [0.1, 0.15) is 5.71 Å². The Morgan fingerprint density at radius 3 is 2.71 bits per heavy atom. The van der Waals surface area contributed by atoms with Crippen LogP contribution in [-0.2, 0) is 16.2 Å². The average Bonchev–Trinajstić information content (AvgIpc) is 3.35. The van der Waals surface area contributed by atoms with Crippen LogP contribution in [0.5, 0.6) is 11.5 Å². The summed E-state index contributed by atoms with van der Waals surface area (Å²) in [6, 6.07) is 12.6. The van der Waals surface area contributed by atoms with Gasteiger partial charge in [-0.2, -0.15) is 0 Å². The first-order valence-corrected chi connectivity index (χ1v) is 9.95. The largest absolute Gasteiger partial charge is 0.449 e. The molecule has 8 heteroatoms. The fourth-order valence-electron chi connectivity index (χ4n) is 3.00. The Labute approximate surface area is 184 Å². The zero-order chi connectivity index (χ0) is 21.8. The molecule has 2 aromatic carbocycles. The summed E-state index contributed by atoms with van der Waals surface area (Å²) in [5, 5.41) is 4.73. The van der Waals surface area contributed by atoms with E-state index < -0.39 is 11.8 Å². The molecule has 7 nitrogen and oxygen atoms in total. The Hall–Kier alpha value is -3.58. The number of carbonyl (C=O) groups excluding carboxylic acids is 1. The van der Waals surface area contributed by atoms with Gasteiger partial charge in [0, 0.05) is 42.9 Å². The molecule has 2 heterocycles. The van der Waals surface area contributed by atoms with Crippen LogP contribution in [0.3, 0.4) is 0 Å². The van der Waals surface area contributed by atoms with Crippen molar-refractivity contribution >= 4 is 29.4 Å². The minimum absolute atomic E-state index is 0.358. The number of oxime groups is 1. The van der Waals surface area contributed by atoms with Crippen molar-refractivity contribution in [2.75, 3.05) is 0 Å². The van der Waals surface area contributed by atoms with Gasteiger partial charge in [-0.05, 0) is 42.0 Å². The third-order valence-corrected chi connectivity index (χ3v) is 4.66. The van der Waals surface area contributed by atoms with Crippen LogP contribution in [-0.4, -0.2) is 27.0 Å². The predicted octanol–water partition coefficient (Wildman–Crippen LogP) is 4.70. The first kappa shape index (κ1) is 20.7. The summed E-state index contributed by atoms with van der Waals surface area (Å²) in [6.45, 7) is 4.03. The van der Waals surface area contributed by atoms with Crippen molar-refractivity contribution in [3.05, 3.63) is 83.4 Å². The molecule has 31 heavy (non-hydrogen) atoms. The molecule has 158 valence electrons. The standard InChI is InChI=1S/C23H20ClN3O4/c1-23(2)29-20-9-6-17(13-21(20)30-23)19(14-27-12-11-25-15-27)26-31-22(28)10-5-16-3-7-18(24)8-4-16/h3-13,15H,14H2,1-2H3/b10-5+,26-19+. The molecule has 0 radical (unpaired) electrons. The molecular formula is C23H20ClN3O4. The third kappa shape index (κ3) is 5.32. The zero-order valence-electron chi connectivity index (χ0n) is 17.0. The van der Waals surface area contributed by atoms with E-state index in [4.69, 9.17) is 25.9 Å². The summed E-state index contributed by atoms with van der Waals surface area (Å²) in [5.41, 5.74) is 2.09. The fourth-order valence-corrected chi connectivity index (χ4v) is 3.12. The maximum atomic E-state index is 12.2. The maximum Gasteiger partial charge on any atom is 0.358 e. The van der Waals surface area contributed by atoms with E-state index >= 15 is 0 Å². The van der Waals surface area contributed by atoms with Gasteiger partial charge in [0.05, 0.1) is 12.9 Å². The number of rotatable bonds is 6. The van der Waals surface area contributed by atoms with Gasteiger partial charge in [0.25, 0.3) is 0 Å². The second kappa shape index (κ2) is 8.65. The Kier molecular flexibility index (Phi) is 5.77. The van der Waals surface area contributed by atoms with Crippen LogP contribution in [0.4, 0.5) is 0 Å². The number of nitrogens with zero attached hydrogens (tertiary/aromatic N) is 3. The highest BCUT2D eigenvalue weighted by Gasteiger charge is 2.32. The first-order valence-electron chi connectivity index (χ1n) is 9.58. The van der Waals surface area contributed by atoms with E-state index in [0.29, 0.717) is 28.8 Å². The zero-order valence-corrected chi connectivity index (χ0v) is 17.7. The van der Waals surface area contributed by atoms with E-state index in [1.165, 1.54) is 6.08 Å². The van der Waals surface area contributed by atoms with E-state index in [9.17, 15) is 4.79 Å². The summed E-state index contributed by atoms with van der Waals surface area (Å²) in [5.74, 6) is -0.0741. The van der Waals surface area contributed by atoms with Crippen LogP contribution >= 0.6 is 11.6 Å². The van der Waals surface area contributed by atoms with E-state index in [1.807, 2.05) is 36.6 Å². The number of imidazole rings is 1. The van der Waals surface area contributed by atoms with Crippen LogP contribution in [0, 0.1) is 0 Å². The van der Waals surface area contributed by atoms with Gasteiger partial charge in [0.15, 0.2) is 11.5 Å². The topological polar surface area (TPSA) is 74.9 Å². The van der Waals surface area contributed by atoms with Gasteiger partial charge < -0.3 is 18.9 Å². The Morgan fingerprint density at radius 2 is 1.97 bits per heavy atom. The maximum absolute atomic E-state index is 12.2. The minimum atomic E-state index is -0.735. The molecule has 0 bridgehead atoms. The van der Waals surface area contributed by atoms with E-state index in [-0.39, 0.29) is 0 Å². The highest BCUT2D eigenvalue weighted by Crippen LogP contribution is 2.39. The van der Waals surface area contributed by atoms with Crippen molar-refractivity contribution in [2.45, 2.75) is 26.2 Å². The van der Waals surface area contributed by atoms with Gasteiger partial charge in [-0.3, -0.25) is 0 Å². The third-order valence-electron chi connectivity index (χ3n) is 4.41. The van der Waals surface area contributed by atoms with Gasteiger partial charge in [-0.25, -0.2) is 9.78 Å². The second-order valence-corrected chi connectivity index (χ2v) is 7.77. The van der Waals surface area contributed by atoms with E-state index in [0.717, 1.165) is 11.1 Å². The molecule has 0 aliphatic carbocycles. The summed E-state index contributed by atoms with van der Waals surface area (Å²) in [6.07, 6.45) is 8.07. The van der Waals surface area contributed by atoms with Crippen LogP contribution in [0.2, 0.25) is 5.02 Å². The van der Waals surface area contributed by atoms with Gasteiger partial charge >= 0.3 is 5.97 Å². The molecule has 1 aliphatic rings. The molecule has 0 fully saturated rings. The van der Waals surface area contributed by atoms with Crippen molar-refractivity contribution in [1.29, 1.82) is 0 Å². The number of benzene rings is 2. The lowest BCUT2D eigenvalue weighted by atomic mass is 10.1. The summed E-state index contributed by atoms with van der Waals surface area (Å²) in [7, 11) is 0. The average molecular weight is 438 g/mol. The lowest BCUT2D eigenvalue weighted by molar-refractivity contribution is -0.137. The molecule has 0 amide bonds. The number of hydrogen-bond acceptors (Lipinski definition) is 6. The number of aromatic nitrogens is 2. The van der Waals surface area contributed by atoms with Crippen molar-refractivity contribution in [3.63, 3.8) is 0 Å². The number of hydrogen-bond donors (Lipinski definition) is 0. The van der Waals surface area contributed by atoms with Gasteiger partial charge in [0.2, 0.25) is 5.79 Å².